The van der Waals surface area contributed by atoms with Gasteiger partial charge < -0.3 is 8.94 Å². The van der Waals surface area contributed by atoms with Gasteiger partial charge in [0.15, 0.2) is 5.76 Å². The molecule has 3 rings (SSSR count). The summed E-state index contributed by atoms with van der Waals surface area (Å²) in [5.74, 6) is 0.544. The predicted octanol–water partition coefficient (Wildman–Crippen LogP) is 1.04. The molecule has 0 aliphatic heterocycles. The third kappa shape index (κ3) is 2.23. The zero-order chi connectivity index (χ0) is 14.2. The number of hydrogen-bond donors (Lipinski definition) is 0. The van der Waals surface area contributed by atoms with Crippen LogP contribution in [-0.2, 0) is 22.6 Å². The van der Waals surface area contributed by atoms with Crippen LogP contribution in [0.2, 0.25) is 0 Å². The van der Waals surface area contributed by atoms with Crippen LogP contribution in [0.1, 0.15) is 5.69 Å². The minimum atomic E-state index is -3.62. The SMILES string of the molecule is Cn1ncnc1S(=O)(=O)Cc1cc(-c2ccco2)on1. The van der Waals surface area contributed by atoms with Crippen LogP contribution in [0.4, 0.5) is 0 Å². The van der Waals surface area contributed by atoms with Crippen LogP contribution in [0.5, 0.6) is 0 Å². The van der Waals surface area contributed by atoms with Crippen molar-refractivity contribution in [2.75, 3.05) is 0 Å². The lowest BCUT2D eigenvalue weighted by molar-refractivity contribution is 0.412. The molecule has 0 aliphatic rings. The Kier molecular flexibility index (Phi) is 2.90. The van der Waals surface area contributed by atoms with Crippen molar-refractivity contribution < 1.29 is 17.4 Å². The van der Waals surface area contributed by atoms with Gasteiger partial charge in [-0.15, -0.1) is 0 Å². The summed E-state index contributed by atoms with van der Waals surface area (Å²) in [7, 11) is -2.11. The average Bonchev–Trinajstić information content (AvgIpc) is 3.06. The summed E-state index contributed by atoms with van der Waals surface area (Å²) in [5, 5.41) is 7.35. The van der Waals surface area contributed by atoms with E-state index >= 15 is 0 Å². The van der Waals surface area contributed by atoms with Gasteiger partial charge in [0.05, 0.1) is 12.0 Å². The zero-order valence-corrected chi connectivity index (χ0v) is 11.2. The van der Waals surface area contributed by atoms with Crippen LogP contribution >= 0.6 is 0 Å². The number of rotatable bonds is 4. The minimum Gasteiger partial charge on any atom is -0.461 e. The molecule has 20 heavy (non-hydrogen) atoms. The number of furan rings is 1. The van der Waals surface area contributed by atoms with Gasteiger partial charge in [0.2, 0.25) is 20.8 Å². The minimum absolute atomic E-state index is 0.111. The third-order valence-corrected chi connectivity index (χ3v) is 4.21. The Morgan fingerprint density at radius 1 is 1.35 bits per heavy atom. The third-order valence-electron chi connectivity index (χ3n) is 2.61. The van der Waals surface area contributed by atoms with E-state index in [9.17, 15) is 8.42 Å². The van der Waals surface area contributed by atoms with Gasteiger partial charge in [-0.25, -0.2) is 18.1 Å². The maximum absolute atomic E-state index is 12.2. The Morgan fingerprint density at radius 2 is 2.20 bits per heavy atom. The van der Waals surface area contributed by atoms with E-state index in [-0.39, 0.29) is 16.6 Å². The summed E-state index contributed by atoms with van der Waals surface area (Å²) in [6, 6.07) is 4.92. The summed E-state index contributed by atoms with van der Waals surface area (Å²) >= 11 is 0. The average molecular weight is 294 g/mol. The molecule has 0 N–H and O–H groups in total. The number of nitrogens with zero attached hydrogens (tertiary/aromatic N) is 4. The Bertz CT molecular complexity index is 816. The fourth-order valence-electron chi connectivity index (χ4n) is 1.74. The van der Waals surface area contributed by atoms with Gasteiger partial charge in [-0.3, -0.25) is 0 Å². The first-order valence-corrected chi connectivity index (χ1v) is 7.28. The van der Waals surface area contributed by atoms with Crippen molar-refractivity contribution >= 4 is 9.84 Å². The van der Waals surface area contributed by atoms with Gasteiger partial charge in [-0.2, -0.15) is 5.10 Å². The Hall–Kier alpha value is -2.42. The molecule has 0 radical (unpaired) electrons. The lowest BCUT2D eigenvalue weighted by Gasteiger charge is -1.99. The predicted molar refractivity (Wildman–Crippen MR) is 66.1 cm³/mol. The van der Waals surface area contributed by atoms with Crippen LogP contribution in [0.3, 0.4) is 0 Å². The van der Waals surface area contributed by atoms with Crippen molar-refractivity contribution in [3.63, 3.8) is 0 Å². The molecule has 0 unspecified atom stereocenters. The first kappa shape index (κ1) is 12.6. The highest BCUT2D eigenvalue weighted by Crippen LogP contribution is 2.22. The maximum atomic E-state index is 12.2. The fraction of sp³-hybridized carbons (Fsp3) is 0.182. The van der Waals surface area contributed by atoms with Crippen molar-refractivity contribution in [2.45, 2.75) is 10.9 Å². The Morgan fingerprint density at radius 3 is 2.85 bits per heavy atom. The molecular weight excluding hydrogens is 284 g/mol. The number of hydrogen-bond acceptors (Lipinski definition) is 7. The van der Waals surface area contributed by atoms with E-state index in [1.807, 2.05) is 0 Å². The molecule has 0 amide bonds. The van der Waals surface area contributed by atoms with E-state index < -0.39 is 9.84 Å². The van der Waals surface area contributed by atoms with Crippen LogP contribution in [0.15, 0.2) is 44.9 Å². The smallest absolute Gasteiger partial charge is 0.245 e. The van der Waals surface area contributed by atoms with E-state index in [4.69, 9.17) is 8.94 Å². The monoisotopic (exact) mass is 294 g/mol. The van der Waals surface area contributed by atoms with Crippen molar-refractivity contribution in [3.8, 4) is 11.5 Å². The molecule has 3 heterocycles. The van der Waals surface area contributed by atoms with Crippen molar-refractivity contribution in [3.05, 3.63) is 36.5 Å². The van der Waals surface area contributed by atoms with E-state index in [0.29, 0.717) is 11.5 Å². The second-order valence-corrected chi connectivity index (χ2v) is 5.97. The molecule has 0 bridgehead atoms. The molecular formula is C11H10N4O4S. The summed E-state index contributed by atoms with van der Waals surface area (Å²) in [6.45, 7) is 0. The van der Waals surface area contributed by atoms with Gasteiger partial charge in [-0.1, -0.05) is 5.16 Å². The second kappa shape index (κ2) is 4.60. The quantitative estimate of drug-likeness (QED) is 0.707. The van der Waals surface area contributed by atoms with Gasteiger partial charge in [-0.05, 0) is 12.1 Å². The van der Waals surface area contributed by atoms with Gasteiger partial charge in [0, 0.05) is 13.1 Å². The summed E-state index contributed by atoms with van der Waals surface area (Å²) in [6.07, 6.45) is 2.68. The molecule has 0 fully saturated rings. The lowest BCUT2D eigenvalue weighted by atomic mass is 10.3. The molecule has 3 aromatic heterocycles. The lowest BCUT2D eigenvalue weighted by Crippen LogP contribution is -2.11. The van der Waals surface area contributed by atoms with Crippen molar-refractivity contribution in [1.82, 2.24) is 19.9 Å². The highest BCUT2D eigenvalue weighted by atomic mass is 32.2. The van der Waals surface area contributed by atoms with Crippen molar-refractivity contribution in [1.29, 1.82) is 0 Å². The Balaban J connectivity index is 1.87. The van der Waals surface area contributed by atoms with Crippen LogP contribution in [0, 0.1) is 0 Å². The number of aromatic nitrogens is 4. The van der Waals surface area contributed by atoms with Crippen molar-refractivity contribution in [2.24, 2.45) is 7.05 Å². The highest BCUT2D eigenvalue weighted by Gasteiger charge is 2.23. The van der Waals surface area contributed by atoms with E-state index in [0.717, 1.165) is 0 Å². The highest BCUT2D eigenvalue weighted by molar-refractivity contribution is 7.90. The van der Waals surface area contributed by atoms with Gasteiger partial charge >= 0.3 is 0 Å². The van der Waals surface area contributed by atoms with Gasteiger partial charge in [0.25, 0.3) is 0 Å². The summed E-state index contributed by atoms with van der Waals surface area (Å²) in [4.78, 5) is 3.73. The molecule has 0 aliphatic carbocycles. The topological polar surface area (TPSA) is 104 Å². The fourth-order valence-corrected chi connectivity index (χ4v) is 3.05. The summed E-state index contributed by atoms with van der Waals surface area (Å²) < 4.78 is 35.7. The summed E-state index contributed by atoms with van der Waals surface area (Å²) in [5.41, 5.74) is 0.277. The largest absolute Gasteiger partial charge is 0.461 e. The first-order valence-electron chi connectivity index (χ1n) is 5.62. The van der Waals surface area contributed by atoms with E-state index in [1.165, 1.54) is 30.4 Å². The molecule has 0 spiro atoms. The van der Waals surface area contributed by atoms with Crippen LogP contribution in [0.25, 0.3) is 11.5 Å². The Labute approximate surface area is 113 Å². The van der Waals surface area contributed by atoms with E-state index in [1.54, 1.807) is 12.1 Å². The standard InChI is InChI=1S/C11H10N4O4S/c1-15-11(12-7-13-15)20(16,17)6-8-5-10(19-14-8)9-3-2-4-18-9/h2-5,7H,6H2,1H3. The zero-order valence-electron chi connectivity index (χ0n) is 10.4. The molecule has 0 atom stereocenters. The molecule has 0 aromatic carbocycles. The molecule has 0 saturated carbocycles. The first-order chi connectivity index (χ1) is 9.56. The second-order valence-electron chi connectivity index (χ2n) is 4.09. The molecule has 9 heteroatoms. The molecule has 8 nitrogen and oxygen atoms in total. The molecule has 0 saturated heterocycles. The van der Waals surface area contributed by atoms with E-state index in [2.05, 4.69) is 15.2 Å². The molecule has 104 valence electrons. The molecule has 3 aromatic rings. The number of sulfone groups is 1. The van der Waals surface area contributed by atoms with Gasteiger partial charge in [0.1, 0.15) is 12.1 Å². The normalized spacial score (nSPS) is 11.8. The van der Waals surface area contributed by atoms with Crippen LogP contribution < -0.4 is 0 Å². The number of aryl methyl sites for hydroxylation is 1. The van der Waals surface area contributed by atoms with Crippen LogP contribution in [-0.4, -0.2) is 28.3 Å². The maximum Gasteiger partial charge on any atom is 0.245 e.